The van der Waals surface area contributed by atoms with Crippen molar-refractivity contribution in [1.29, 1.82) is 0 Å². The van der Waals surface area contributed by atoms with E-state index < -0.39 is 12.0 Å². The molecule has 2 rings (SSSR count). The standard InChI is InChI=1S/C11H16N4O3/c1-14-6-4-12-9(14)7-13-11(18)15-5-2-3-8(15)10(16)17/h4,6,8H,2-3,5,7H2,1H3,(H,13,18)(H,16,17). The number of hydrogen-bond donors (Lipinski definition) is 2. The summed E-state index contributed by atoms with van der Waals surface area (Å²) in [6, 6.07) is -1.05. The molecule has 1 fully saturated rings. The Kier molecular flexibility index (Phi) is 3.50. The quantitative estimate of drug-likeness (QED) is 0.803. The molecule has 0 saturated carbocycles. The van der Waals surface area contributed by atoms with E-state index in [1.54, 1.807) is 17.0 Å². The van der Waals surface area contributed by atoms with E-state index in [9.17, 15) is 9.59 Å². The minimum atomic E-state index is -0.945. The number of carboxylic acid groups (broad SMARTS) is 1. The maximum Gasteiger partial charge on any atom is 0.326 e. The van der Waals surface area contributed by atoms with Gasteiger partial charge in [-0.2, -0.15) is 0 Å². The SMILES string of the molecule is Cn1ccnc1CNC(=O)N1CCCC1C(=O)O. The summed E-state index contributed by atoms with van der Waals surface area (Å²) in [7, 11) is 1.84. The average Bonchev–Trinajstić information content (AvgIpc) is 2.94. The van der Waals surface area contributed by atoms with Crippen LogP contribution in [0.2, 0.25) is 0 Å². The lowest BCUT2D eigenvalue weighted by atomic mass is 10.2. The zero-order valence-corrected chi connectivity index (χ0v) is 10.2. The fourth-order valence-corrected chi connectivity index (χ4v) is 2.09. The molecule has 0 aliphatic carbocycles. The largest absolute Gasteiger partial charge is 0.480 e. The molecule has 18 heavy (non-hydrogen) atoms. The molecule has 2 N–H and O–H groups in total. The second-order valence-corrected chi connectivity index (χ2v) is 4.30. The van der Waals surface area contributed by atoms with Crippen LogP contribution in [0.15, 0.2) is 12.4 Å². The third-order valence-electron chi connectivity index (χ3n) is 3.12. The second kappa shape index (κ2) is 5.07. The zero-order valence-electron chi connectivity index (χ0n) is 10.2. The summed E-state index contributed by atoms with van der Waals surface area (Å²) in [5, 5.41) is 11.7. The number of carboxylic acids is 1. The topological polar surface area (TPSA) is 87.5 Å². The number of urea groups is 1. The van der Waals surface area contributed by atoms with Crippen molar-refractivity contribution >= 4 is 12.0 Å². The average molecular weight is 252 g/mol. The first-order chi connectivity index (χ1) is 8.59. The highest BCUT2D eigenvalue weighted by Crippen LogP contribution is 2.17. The minimum absolute atomic E-state index is 0.297. The van der Waals surface area contributed by atoms with Crippen LogP contribution in [-0.4, -0.2) is 44.1 Å². The van der Waals surface area contributed by atoms with Gasteiger partial charge in [-0.05, 0) is 12.8 Å². The Balaban J connectivity index is 1.92. The van der Waals surface area contributed by atoms with Crippen molar-refractivity contribution in [1.82, 2.24) is 19.8 Å². The maximum absolute atomic E-state index is 11.9. The van der Waals surface area contributed by atoms with Gasteiger partial charge in [0.2, 0.25) is 0 Å². The van der Waals surface area contributed by atoms with Gasteiger partial charge < -0.3 is 19.9 Å². The first-order valence-corrected chi connectivity index (χ1v) is 5.83. The molecule has 1 saturated heterocycles. The van der Waals surface area contributed by atoms with Crippen LogP contribution in [0.25, 0.3) is 0 Å². The molecule has 1 aromatic heterocycles. The van der Waals surface area contributed by atoms with Crippen molar-refractivity contribution in [3.63, 3.8) is 0 Å². The zero-order chi connectivity index (χ0) is 13.1. The normalized spacial score (nSPS) is 18.9. The van der Waals surface area contributed by atoms with E-state index >= 15 is 0 Å². The fraction of sp³-hybridized carbons (Fsp3) is 0.545. The number of carbonyl (C=O) groups excluding carboxylic acids is 1. The number of rotatable bonds is 3. The monoisotopic (exact) mass is 252 g/mol. The molecule has 1 unspecified atom stereocenters. The highest BCUT2D eigenvalue weighted by atomic mass is 16.4. The van der Waals surface area contributed by atoms with Crippen LogP contribution in [0.3, 0.4) is 0 Å². The van der Waals surface area contributed by atoms with Gasteiger partial charge in [0.1, 0.15) is 11.9 Å². The van der Waals surface area contributed by atoms with Gasteiger partial charge in [0.05, 0.1) is 6.54 Å². The van der Waals surface area contributed by atoms with Gasteiger partial charge in [0.25, 0.3) is 0 Å². The molecule has 2 amide bonds. The van der Waals surface area contributed by atoms with Crippen molar-refractivity contribution in [3.8, 4) is 0 Å². The van der Waals surface area contributed by atoms with Gasteiger partial charge in [0, 0.05) is 26.0 Å². The van der Waals surface area contributed by atoms with Crippen LogP contribution in [-0.2, 0) is 18.4 Å². The molecule has 2 heterocycles. The van der Waals surface area contributed by atoms with Crippen LogP contribution in [0.5, 0.6) is 0 Å². The third-order valence-corrected chi connectivity index (χ3v) is 3.12. The third kappa shape index (κ3) is 2.44. The van der Waals surface area contributed by atoms with E-state index in [4.69, 9.17) is 5.11 Å². The molecule has 0 bridgehead atoms. The predicted molar refractivity (Wildman–Crippen MR) is 62.8 cm³/mol. The number of aryl methyl sites for hydroxylation is 1. The highest BCUT2D eigenvalue weighted by Gasteiger charge is 2.33. The molecule has 1 aliphatic rings. The number of carbonyl (C=O) groups is 2. The summed E-state index contributed by atoms with van der Waals surface area (Å²) in [6.07, 6.45) is 4.69. The summed E-state index contributed by atoms with van der Waals surface area (Å²) in [5.41, 5.74) is 0. The summed E-state index contributed by atoms with van der Waals surface area (Å²) >= 11 is 0. The van der Waals surface area contributed by atoms with Crippen LogP contribution >= 0.6 is 0 Å². The Morgan fingerprint density at radius 1 is 1.61 bits per heavy atom. The molecule has 7 nitrogen and oxygen atoms in total. The Hall–Kier alpha value is -2.05. The van der Waals surface area contributed by atoms with Crippen LogP contribution < -0.4 is 5.32 Å². The number of aromatic nitrogens is 2. The van der Waals surface area contributed by atoms with Gasteiger partial charge in [-0.1, -0.05) is 0 Å². The summed E-state index contributed by atoms with van der Waals surface area (Å²) in [5.74, 6) is -0.214. The summed E-state index contributed by atoms with van der Waals surface area (Å²) < 4.78 is 1.80. The Labute approximate surface area is 104 Å². The molecule has 0 radical (unpaired) electrons. The lowest BCUT2D eigenvalue weighted by Gasteiger charge is -2.21. The Bertz CT molecular complexity index is 457. The van der Waals surface area contributed by atoms with Crippen molar-refractivity contribution in [2.45, 2.75) is 25.4 Å². The summed E-state index contributed by atoms with van der Waals surface area (Å²) in [6.45, 7) is 0.786. The van der Waals surface area contributed by atoms with Crippen molar-refractivity contribution in [2.24, 2.45) is 7.05 Å². The van der Waals surface area contributed by atoms with E-state index in [2.05, 4.69) is 10.3 Å². The molecule has 1 aromatic rings. The van der Waals surface area contributed by atoms with E-state index in [-0.39, 0.29) is 6.03 Å². The number of likely N-dealkylation sites (tertiary alicyclic amines) is 1. The lowest BCUT2D eigenvalue weighted by molar-refractivity contribution is -0.141. The molecule has 7 heteroatoms. The van der Waals surface area contributed by atoms with Gasteiger partial charge in [-0.25, -0.2) is 14.6 Å². The van der Waals surface area contributed by atoms with E-state index in [1.165, 1.54) is 4.90 Å². The van der Waals surface area contributed by atoms with Gasteiger partial charge in [-0.15, -0.1) is 0 Å². The first-order valence-electron chi connectivity index (χ1n) is 5.83. The van der Waals surface area contributed by atoms with Crippen molar-refractivity contribution in [2.75, 3.05) is 6.54 Å². The van der Waals surface area contributed by atoms with Gasteiger partial charge in [-0.3, -0.25) is 0 Å². The minimum Gasteiger partial charge on any atom is -0.480 e. The van der Waals surface area contributed by atoms with Crippen LogP contribution in [0.1, 0.15) is 18.7 Å². The predicted octanol–water partition coefficient (Wildman–Crippen LogP) is 0.179. The molecule has 98 valence electrons. The number of hydrogen-bond acceptors (Lipinski definition) is 3. The number of aliphatic carboxylic acids is 1. The summed E-state index contributed by atoms with van der Waals surface area (Å²) in [4.78, 5) is 28.3. The Morgan fingerprint density at radius 2 is 2.39 bits per heavy atom. The number of imidazole rings is 1. The van der Waals surface area contributed by atoms with Crippen LogP contribution in [0, 0.1) is 0 Å². The molecule has 1 aliphatic heterocycles. The smallest absolute Gasteiger partial charge is 0.326 e. The van der Waals surface area contributed by atoms with Gasteiger partial charge >= 0.3 is 12.0 Å². The van der Waals surface area contributed by atoms with E-state index in [1.807, 2.05) is 7.05 Å². The fourth-order valence-electron chi connectivity index (χ4n) is 2.09. The molecular formula is C11H16N4O3. The molecule has 0 spiro atoms. The number of amides is 2. The van der Waals surface area contributed by atoms with E-state index in [0.717, 1.165) is 12.2 Å². The van der Waals surface area contributed by atoms with Gasteiger partial charge in [0.15, 0.2) is 0 Å². The highest BCUT2D eigenvalue weighted by molar-refractivity contribution is 5.83. The lowest BCUT2D eigenvalue weighted by Crippen LogP contribution is -2.45. The first kappa shape index (κ1) is 12.4. The molecule has 1 atom stereocenters. The van der Waals surface area contributed by atoms with Crippen molar-refractivity contribution < 1.29 is 14.7 Å². The van der Waals surface area contributed by atoms with Crippen molar-refractivity contribution in [3.05, 3.63) is 18.2 Å². The molecule has 0 aromatic carbocycles. The number of nitrogens with zero attached hydrogens (tertiary/aromatic N) is 3. The maximum atomic E-state index is 11.9. The number of nitrogens with one attached hydrogen (secondary N) is 1. The second-order valence-electron chi connectivity index (χ2n) is 4.30. The Morgan fingerprint density at radius 3 is 3.00 bits per heavy atom. The van der Waals surface area contributed by atoms with E-state index in [0.29, 0.717) is 19.5 Å². The van der Waals surface area contributed by atoms with Crippen LogP contribution in [0.4, 0.5) is 4.79 Å². The molecular weight excluding hydrogens is 236 g/mol.